The number of nitrogens with zero attached hydrogens (tertiary/aromatic N) is 6. The van der Waals surface area contributed by atoms with Crippen LogP contribution in [0.2, 0.25) is 5.02 Å². The molecule has 190 valence electrons. The van der Waals surface area contributed by atoms with Crippen molar-refractivity contribution in [2.45, 2.75) is 31.3 Å². The molecule has 2 aliphatic heterocycles. The monoisotopic (exact) mass is 538 g/mol. The van der Waals surface area contributed by atoms with Crippen LogP contribution in [-0.4, -0.2) is 58.3 Å². The molecule has 5 rings (SSSR count). The Morgan fingerprint density at radius 3 is 2.86 bits per heavy atom. The summed E-state index contributed by atoms with van der Waals surface area (Å²) >= 11 is 7.93. The highest BCUT2D eigenvalue weighted by Gasteiger charge is 2.31. The van der Waals surface area contributed by atoms with Gasteiger partial charge in [0, 0.05) is 41.4 Å². The summed E-state index contributed by atoms with van der Waals surface area (Å²) < 4.78 is 10.5. The van der Waals surface area contributed by atoms with E-state index in [0.717, 1.165) is 29.3 Å². The van der Waals surface area contributed by atoms with Gasteiger partial charge in [-0.2, -0.15) is 10.2 Å². The maximum absolute atomic E-state index is 12.6. The first kappa shape index (κ1) is 24.9. The van der Waals surface area contributed by atoms with Crippen LogP contribution >= 0.6 is 22.9 Å². The topological polar surface area (TPSA) is 123 Å². The Bertz CT molecular complexity index is 1370. The number of amides is 1. The van der Waals surface area contributed by atoms with Gasteiger partial charge in [0.05, 0.1) is 41.8 Å². The maximum atomic E-state index is 12.6. The summed E-state index contributed by atoms with van der Waals surface area (Å²) in [6.07, 6.45) is 4.62. The second-order valence-electron chi connectivity index (χ2n) is 8.56. The van der Waals surface area contributed by atoms with Crippen LogP contribution in [0, 0.1) is 11.3 Å². The molecule has 1 amide bonds. The van der Waals surface area contributed by atoms with Gasteiger partial charge in [-0.3, -0.25) is 9.78 Å². The number of nitriles is 1. The van der Waals surface area contributed by atoms with E-state index in [0.29, 0.717) is 41.5 Å². The average Bonchev–Trinajstić information content (AvgIpc) is 3.62. The molecule has 1 atom stereocenters. The molecular weight excluding hydrogens is 516 g/mol. The van der Waals surface area contributed by atoms with Gasteiger partial charge in [0.25, 0.3) is 5.91 Å². The summed E-state index contributed by atoms with van der Waals surface area (Å²) in [4.78, 5) is 33.0. The molecule has 0 aliphatic carbocycles. The zero-order valence-corrected chi connectivity index (χ0v) is 21.5. The first-order valence-electron chi connectivity index (χ1n) is 11.7. The van der Waals surface area contributed by atoms with Gasteiger partial charge in [0.15, 0.2) is 12.7 Å². The number of carbonyl (C=O) groups is 1. The number of oxime groups is 1. The third-order valence-corrected chi connectivity index (χ3v) is 7.66. The number of methoxy groups -OCH3 is 1. The lowest BCUT2D eigenvalue weighted by atomic mass is 9.97. The Balaban J connectivity index is 1.14. The van der Waals surface area contributed by atoms with E-state index in [1.165, 1.54) is 19.5 Å². The predicted molar refractivity (Wildman–Crippen MR) is 136 cm³/mol. The molecule has 2 aromatic heterocycles. The fraction of sp³-hybridized carbons (Fsp3) is 0.360. The minimum atomic E-state index is -0.414. The molecule has 1 aromatic carbocycles. The van der Waals surface area contributed by atoms with Gasteiger partial charge >= 0.3 is 0 Å². The number of piperidine rings is 1. The Labute approximate surface area is 222 Å². The minimum absolute atomic E-state index is 0.0947. The Morgan fingerprint density at radius 2 is 2.08 bits per heavy atom. The highest BCUT2D eigenvalue weighted by atomic mass is 35.5. The standard InChI is InChI=1S/C25H23ClN6O4S/c1-34-21-11-28-12-22(30-21)35-13-23(33)32-7-5-15(6-8-32)25-29-19(14-37-25)18-9-20(36-31-18)24-16(10-27)3-2-4-17(24)26/h2-4,11-12,14-15,20H,5-9,13H2,1H3. The number of hydrogen-bond donors (Lipinski definition) is 0. The van der Waals surface area contributed by atoms with Crippen molar-refractivity contribution in [1.29, 1.82) is 5.26 Å². The van der Waals surface area contributed by atoms with Crippen LogP contribution in [0.5, 0.6) is 11.8 Å². The Hall–Kier alpha value is -3.75. The van der Waals surface area contributed by atoms with E-state index in [4.69, 9.17) is 30.9 Å². The maximum Gasteiger partial charge on any atom is 0.260 e. The Kier molecular flexibility index (Phi) is 7.48. The van der Waals surface area contributed by atoms with Crippen molar-refractivity contribution in [2.24, 2.45) is 5.16 Å². The summed E-state index contributed by atoms with van der Waals surface area (Å²) in [6.45, 7) is 1.15. The lowest BCUT2D eigenvalue weighted by Gasteiger charge is -2.31. The molecule has 0 bridgehead atoms. The summed E-state index contributed by atoms with van der Waals surface area (Å²) in [7, 11) is 1.49. The number of ether oxygens (including phenoxy) is 2. The highest BCUT2D eigenvalue weighted by Crippen LogP contribution is 2.37. The number of rotatable bonds is 7. The number of halogens is 1. The van der Waals surface area contributed by atoms with Gasteiger partial charge < -0.3 is 19.2 Å². The second-order valence-corrected chi connectivity index (χ2v) is 9.86. The minimum Gasteiger partial charge on any atom is -0.480 e. The zero-order valence-electron chi connectivity index (χ0n) is 20.0. The van der Waals surface area contributed by atoms with Gasteiger partial charge in [0.2, 0.25) is 11.8 Å². The van der Waals surface area contributed by atoms with E-state index < -0.39 is 6.10 Å². The summed E-state index contributed by atoms with van der Waals surface area (Å²) in [5.74, 6) is 0.746. The zero-order chi connectivity index (χ0) is 25.8. The average molecular weight is 539 g/mol. The number of hydrogen-bond acceptors (Lipinski definition) is 10. The number of likely N-dealkylation sites (tertiary alicyclic amines) is 1. The van der Waals surface area contributed by atoms with Crippen molar-refractivity contribution in [2.75, 3.05) is 26.8 Å². The van der Waals surface area contributed by atoms with Crippen molar-refractivity contribution in [3.05, 3.63) is 62.8 Å². The molecule has 0 spiro atoms. The van der Waals surface area contributed by atoms with Gasteiger partial charge in [-0.1, -0.05) is 22.8 Å². The molecular formula is C25H23ClN6O4S. The number of thiazole rings is 1. The SMILES string of the molecule is COc1cncc(OCC(=O)N2CCC(c3nc(C4=NOC(c5c(Cl)cccc5C#N)C4)cs3)CC2)n1. The molecule has 1 saturated heterocycles. The van der Waals surface area contributed by atoms with Gasteiger partial charge in [0.1, 0.15) is 5.71 Å². The van der Waals surface area contributed by atoms with Crippen LogP contribution in [0.25, 0.3) is 0 Å². The van der Waals surface area contributed by atoms with Crippen molar-refractivity contribution in [1.82, 2.24) is 19.9 Å². The smallest absolute Gasteiger partial charge is 0.260 e. The predicted octanol–water partition coefficient (Wildman–Crippen LogP) is 4.12. The highest BCUT2D eigenvalue weighted by molar-refractivity contribution is 7.10. The van der Waals surface area contributed by atoms with Crippen LogP contribution in [0.4, 0.5) is 0 Å². The molecule has 4 heterocycles. The van der Waals surface area contributed by atoms with E-state index >= 15 is 0 Å². The van der Waals surface area contributed by atoms with Crippen LogP contribution in [0.3, 0.4) is 0 Å². The van der Waals surface area contributed by atoms with Gasteiger partial charge in [-0.25, -0.2) is 4.98 Å². The summed E-state index contributed by atoms with van der Waals surface area (Å²) in [5, 5.41) is 17.2. The molecule has 0 N–H and O–H groups in total. The third kappa shape index (κ3) is 5.50. The van der Waals surface area contributed by atoms with E-state index in [1.54, 1.807) is 34.4 Å². The first-order chi connectivity index (χ1) is 18.1. The molecule has 37 heavy (non-hydrogen) atoms. The molecule has 1 fully saturated rings. The Morgan fingerprint density at radius 1 is 1.27 bits per heavy atom. The van der Waals surface area contributed by atoms with Gasteiger partial charge in [-0.15, -0.1) is 11.3 Å². The third-order valence-electron chi connectivity index (χ3n) is 6.32. The molecule has 2 aliphatic rings. The lowest BCUT2D eigenvalue weighted by Crippen LogP contribution is -2.40. The van der Waals surface area contributed by atoms with E-state index in [9.17, 15) is 10.1 Å². The summed E-state index contributed by atoms with van der Waals surface area (Å²) in [6, 6.07) is 7.38. The normalized spacial score (nSPS) is 17.6. The van der Waals surface area contributed by atoms with E-state index in [1.807, 2.05) is 5.38 Å². The largest absolute Gasteiger partial charge is 0.480 e. The molecule has 3 aromatic rings. The molecule has 1 unspecified atom stereocenters. The molecule has 12 heteroatoms. The molecule has 0 radical (unpaired) electrons. The fourth-order valence-corrected chi connectivity index (χ4v) is 5.65. The fourth-order valence-electron chi connectivity index (χ4n) is 4.35. The van der Waals surface area contributed by atoms with Crippen molar-refractivity contribution < 1.29 is 19.1 Å². The number of aromatic nitrogens is 3. The second kappa shape index (κ2) is 11.1. The molecule has 10 nitrogen and oxygen atoms in total. The van der Waals surface area contributed by atoms with Crippen LogP contribution < -0.4 is 9.47 Å². The lowest BCUT2D eigenvalue weighted by molar-refractivity contribution is -0.134. The number of benzene rings is 1. The van der Waals surface area contributed by atoms with Crippen LogP contribution in [-0.2, 0) is 9.63 Å². The summed E-state index contributed by atoms with van der Waals surface area (Å²) in [5.41, 5.74) is 2.65. The van der Waals surface area contributed by atoms with Gasteiger partial charge in [-0.05, 0) is 25.0 Å². The number of carbonyl (C=O) groups excluding carboxylic acids is 1. The van der Waals surface area contributed by atoms with E-state index in [-0.39, 0.29) is 24.3 Å². The van der Waals surface area contributed by atoms with Crippen LogP contribution in [0.15, 0.2) is 41.1 Å². The van der Waals surface area contributed by atoms with Crippen LogP contribution in [0.1, 0.15) is 53.1 Å². The molecule has 0 saturated carbocycles. The van der Waals surface area contributed by atoms with Crippen molar-refractivity contribution >= 4 is 34.6 Å². The first-order valence-corrected chi connectivity index (χ1v) is 12.9. The van der Waals surface area contributed by atoms with Crippen molar-refractivity contribution in [3.63, 3.8) is 0 Å². The van der Waals surface area contributed by atoms with Crippen molar-refractivity contribution in [3.8, 4) is 17.8 Å². The van der Waals surface area contributed by atoms with E-state index in [2.05, 4.69) is 21.2 Å². The quantitative estimate of drug-likeness (QED) is 0.440.